The summed E-state index contributed by atoms with van der Waals surface area (Å²) >= 11 is 0. The third-order valence-corrected chi connectivity index (χ3v) is 4.21. The molecule has 122 valence electrons. The van der Waals surface area contributed by atoms with Crippen LogP contribution in [-0.4, -0.2) is 31.2 Å². The summed E-state index contributed by atoms with van der Waals surface area (Å²) in [6, 6.07) is 11.0. The summed E-state index contributed by atoms with van der Waals surface area (Å²) < 4.78 is 15.9. The normalized spacial score (nSPS) is 14.6. The molecule has 4 rings (SSSR count). The molecule has 0 amide bonds. The van der Waals surface area contributed by atoms with E-state index in [1.165, 1.54) is 6.07 Å². The van der Waals surface area contributed by atoms with Crippen LogP contribution in [0.3, 0.4) is 0 Å². The molecule has 0 bridgehead atoms. The Morgan fingerprint density at radius 1 is 1.17 bits per heavy atom. The Hall–Kier alpha value is -2.60. The monoisotopic (exact) mass is 323 g/mol. The number of nitrogens with zero attached hydrogens (tertiary/aromatic N) is 5. The fourth-order valence-corrected chi connectivity index (χ4v) is 3.06. The average molecular weight is 323 g/mol. The molecule has 0 fully saturated rings. The summed E-state index contributed by atoms with van der Waals surface area (Å²) in [5, 5.41) is 4.51. The van der Waals surface area contributed by atoms with Crippen LogP contribution in [0.5, 0.6) is 0 Å². The highest BCUT2D eigenvalue weighted by Crippen LogP contribution is 2.23. The molecule has 4 heterocycles. The Kier molecular flexibility index (Phi) is 3.82. The van der Waals surface area contributed by atoms with Gasteiger partial charge in [-0.25, -0.2) is 4.39 Å². The van der Waals surface area contributed by atoms with E-state index in [0.29, 0.717) is 11.4 Å². The van der Waals surface area contributed by atoms with Gasteiger partial charge in [0.2, 0.25) is 0 Å². The number of fused-ring (bicyclic) bond motifs is 1. The van der Waals surface area contributed by atoms with Gasteiger partial charge in [0.05, 0.1) is 17.9 Å². The van der Waals surface area contributed by atoms with Crippen molar-refractivity contribution in [1.29, 1.82) is 0 Å². The molecule has 3 aromatic rings. The SMILES string of the molecule is Cc1cccc(CN2CCn3nc(-c4ncccc4F)cc3C2)n1. The molecule has 0 aliphatic carbocycles. The van der Waals surface area contributed by atoms with E-state index < -0.39 is 0 Å². The Morgan fingerprint density at radius 2 is 2.08 bits per heavy atom. The molecule has 1 aliphatic heterocycles. The molecule has 0 saturated carbocycles. The third-order valence-electron chi connectivity index (χ3n) is 4.21. The number of aryl methyl sites for hydroxylation is 1. The predicted molar refractivity (Wildman–Crippen MR) is 88.5 cm³/mol. The summed E-state index contributed by atoms with van der Waals surface area (Å²) in [7, 11) is 0. The van der Waals surface area contributed by atoms with Crippen molar-refractivity contribution >= 4 is 0 Å². The lowest BCUT2D eigenvalue weighted by Gasteiger charge is -2.27. The lowest BCUT2D eigenvalue weighted by Crippen LogP contribution is -2.33. The van der Waals surface area contributed by atoms with E-state index in [9.17, 15) is 4.39 Å². The van der Waals surface area contributed by atoms with Crippen LogP contribution in [0.25, 0.3) is 11.4 Å². The van der Waals surface area contributed by atoms with Crippen LogP contribution in [0.1, 0.15) is 17.1 Å². The average Bonchev–Trinajstić information content (AvgIpc) is 2.98. The Bertz CT molecular complexity index is 873. The lowest BCUT2D eigenvalue weighted by atomic mass is 10.2. The Morgan fingerprint density at radius 3 is 2.92 bits per heavy atom. The second-order valence-corrected chi connectivity index (χ2v) is 6.06. The van der Waals surface area contributed by atoms with Gasteiger partial charge in [-0.2, -0.15) is 5.10 Å². The van der Waals surface area contributed by atoms with E-state index in [-0.39, 0.29) is 5.82 Å². The van der Waals surface area contributed by atoms with Gasteiger partial charge in [0.25, 0.3) is 0 Å². The maximum absolute atomic E-state index is 13.9. The molecule has 24 heavy (non-hydrogen) atoms. The van der Waals surface area contributed by atoms with Crippen molar-refractivity contribution in [3.63, 3.8) is 0 Å². The van der Waals surface area contributed by atoms with Crippen molar-refractivity contribution in [2.24, 2.45) is 0 Å². The summed E-state index contributed by atoms with van der Waals surface area (Å²) in [4.78, 5) is 11.0. The van der Waals surface area contributed by atoms with Crippen LogP contribution in [-0.2, 0) is 19.6 Å². The van der Waals surface area contributed by atoms with E-state index in [1.807, 2.05) is 35.9 Å². The number of hydrogen-bond donors (Lipinski definition) is 0. The van der Waals surface area contributed by atoms with Crippen molar-refractivity contribution in [3.05, 3.63) is 65.5 Å². The van der Waals surface area contributed by atoms with Gasteiger partial charge in [-0.05, 0) is 37.3 Å². The zero-order valence-corrected chi connectivity index (χ0v) is 13.5. The summed E-state index contributed by atoms with van der Waals surface area (Å²) in [6.07, 6.45) is 1.59. The van der Waals surface area contributed by atoms with Gasteiger partial charge in [0, 0.05) is 31.5 Å². The van der Waals surface area contributed by atoms with Crippen molar-refractivity contribution in [3.8, 4) is 11.4 Å². The highest BCUT2D eigenvalue weighted by Gasteiger charge is 2.20. The van der Waals surface area contributed by atoms with Gasteiger partial charge >= 0.3 is 0 Å². The van der Waals surface area contributed by atoms with Gasteiger partial charge in [0.1, 0.15) is 11.4 Å². The van der Waals surface area contributed by atoms with Gasteiger partial charge in [-0.15, -0.1) is 0 Å². The number of halogens is 1. The molecule has 0 N–H and O–H groups in total. The largest absolute Gasteiger partial charge is 0.290 e. The van der Waals surface area contributed by atoms with Gasteiger partial charge < -0.3 is 0 Å². The summed E-state index contributed by atoms with van der Waals surface area (Å²) in [5.41, 5.74) is 4.08. The molecule has 0 radical (unpaired) electrons. The highest BCUT2D eigenvalue weighted by atomic mass is 19.1. The van der Waals surface area contributed by atoms with E-state index in [1.54, 1.807) is 12.3 Å². The van der Waals surface area contributed by atoms with Crippen LogP contribution in [0.2, 0.25) is 0 Å². The quantitative estimate of drug-likeness (QED) is 0.743. The number of rotatable bonds is 3. The fourth-order valence-electron chi connectivity index (χ4n) is 3.06. The van der Waals surface area contributed by atoms with Crippen molar-refractivity contribution in [2.45, 2.75) is 26.6 Å². The Balaban J connectivity index is 1.54. The van der Waals surface area contributed by atoms with E-state index >= 15 is 0 Å². The van der Waals surface area contributed by atoms with Crippen LogP contribution >= 0.6 is 0 Å². The minimum Gasteiger partial charge on any atom is -0.290 e. The zero-order valence-electron chi connectivity index (χ0n) is 13.5. The topological polar surface area (TPSA) is 46.8 Å². The number of hydrogen-bond acceptors (Lipinski definition) is 4. The molecule has 1 aliphatic rings. The zero-order chi connectivity index (χ0) is 16.5. The first-order valence-electron chi connectivity index (χ1n) is 8.01. The van der Waals surface area contributed by atoms with Crippen LogP contribution in [0.15, 0.2) is 42.6 Å². The molecule has 6 heteroatoms. The first kappa shape index (κ1) is 15.0. The minimum atomic E-state index is -0.339. The van der Waals surface area contributed by atoms with Gasteiger partial charge in [-0.3, -0.25) is 19.5 Å². The van der Waals surface area contributed by atoms with E-state index in [4.69, 9.17) is 0 Å². The minimum absolute atomic E-state index is 0.311. The molecular weight excluding hydrogens is 305 g/mol. The van der Waals surface area contributed by atoms with Gasteiger partial charge in [-0.1, -0.05) is 6.07 Å². The van der Waals surface area contributed by atoms with E-state index in [2.05, 4.69) is 20.0 Å². The predicted octanol–water partition coefficient (Wildman–Crippen LogP) is 2.80. The van der Waals surface area contributed by atoms with Crippen molar-refractivity contribution in [1.82, 2.24) is 24.6 Å². The lowest BCUT2D eigenvalue weighted by molar-refractivity contribution is 0.203. The van der Waals surface area contributed by atoms with Crippen LogP contribution in [0.4, 0.5) is 4.39 Å². The highest BCUT2D eigenvalue weighted by molar-refractivity contribution is 5.55. The smallest absolute Gasteiger partial charge is 0.151 e. The summed E-state index contributed by atoms with van der Waals surface area (Å²) in [6.45, 7) is 5.27. The summed E-state index contributed by atoms with van der Waals surface area (Å²) in [5.74, 6) is -0.339. The van der Waals surface area contributed by atoms with Crippen molar-refractivity contribution in [2.75, 3.05) is 6.54 Å². The first-order chi connectivity index (χ1) is 11.7. The third kappa shape index (κ3) is 2.92. The van der Waals surface area contributed by atoms with E-state index in [0.717, 1.165) is 43.3 Å². The first-order valence-corrected chi connectivity index (χ1v) is 8.01. The molecule has 0 saturated heterocycles. The van der Waals surface area contributed by atoms with Crippen LogP contribution < -0.4 is 0 Å². The molecule has 0 spiro atoms. The Labute approximate surface area is 139 Å². The fraction of sp³-hybridized carbons (Fsp3) is 0.278. The molecule has 0 unspecified atom stereocenters. The molecule has 0 aromatic carbocycles. The standard InChI is InChI=1S/C18H18FN5/c1-13-4-2-5-14(21-13)11-23-8-9-24-15(12-23)10-17(22-24)18-16(19)6-3-7-20-18/h2-7,10H,8-9,11-12H2,1H3. The molecule has 5 nitrogen and oxygen atoms in total. The second-order valence-electron chi connectivity index (χ2n) is 6.06. The van der Waals surface area contributed by atoms with Crippen molar-refractivity contribution < 1.29 is 4.39 Å². The maximum atomic E-state index is 13.9. The molecular formula is C18H18FN5. The number of aromatic nitrogens is 4. The maximum Gasteiger partial charge on any atom is 0.151 e. The second kappa shape index (κ2) is 6.13. The van der Waals surface area contributed by atoms with Crippen LogP contribution in [0, 0.1) is 12.7 Å². The number of pyridine rings is 2. The molecule has 0 atom stereocenters. The van der Waals surface area contributed by atoms with Gasteiger partial charge in [0.15, 0.2) is 5.82 Å². The molecule has 3 aromatic heterocycles.